The molecule has 0 saturated heterocycles. The van der Waals surface area contributed by atoms with Gasteiger partial charge in [0.25, 0.3) is 0 Å². The molecule has 0 fully saturated rings. The standard InChI is InChI=1S/C13H19NO2/c1-4-9(2)8-14-12-6-5-11(13(15)16)7-10(12)3/h5-7,9,14H,4,8H2,1-3H3,(H,15,16). The molecule has 16 heavy (non-hydrogen) atoms. The van der Waals surface area contributed by atoms with Gasteiger partial charge < -0.3 is 10.4 Å². The second-order valence-electron chi connectivity index (χ2n) is 4.23. The molecule has 0 amide bonds. The highest BCUT2D eigenvalue weighted by Crippen LogP contribution is 2.17. The molecule has 0 saturated carbocycles. The van der Waals surface area contributed by atoms with Crippen LogP contribution in [0.2, 0.25) is 0 Å². The van der Waals surface area contributed by atoms with E-state index < -0.39 is 5.97 Å². The van der Waals surface area contributed by atoms with Gasteiger partial charge in [-0.15, -0.1) is 0 Å². The maximum absolute atomic E-state index is 10.8. The Morgan fingerprint density at radius 1 is 1.50 bits per heavy atom. The van der Waals surface area contributed by atoms with Gasteiger partial charge >= 0.3 is 5.97 Å². The van der Waals surface area contributed by atoms with Crippen molar-refractivity contribution < 1.29 is 9.90 Å². The van der Waals surface area contributed by atoms with E-state index in [0.717, 1.165) is 24.2 Å². The van der Waals surface area contributed by atoms with Crippen LogP contribution in [-0.2, 0) is 0 Å². The molecule has 1 rings (SSSR count). The van der Waals surface area contributed by atoms with Gasteiger partial charge in [-0.3, -0.25) is 0 Å². The van der Waals surface area contributed by atoms with Crippen molar-refractivity contribution in [3.63, 3.8) is 0 Å². The minimum atomic E-state index is -0.878. The first-order valence-corrected chi connectivity index (χ1v) is 5.62. The van der Waals surface area contributed by atoms with Crippen molar-refractivity contribution in [3.8, 4) is 0 Å². The second-order valence-corrected chi connectivity index (χ2v) is 4.23. The molecule has 3 nitrogen and oxygen atoms in total. The van der Waals surface area contributed by atoms with E-state index in [2.05, 4.69) is 19.2 Å². The summed E-state index contributed by atoms with van der Waals surface area (Å²) in [5.74, 6) is -0.255. The number of carboxylic acid groups (broad SMARTS) is 1. The van der Waals surface area contributed by atoms with Crippen molar-refractivity contribution in [1.82, 2.24) is 0 Å². The predicted octanol–water partition coefficient (Wildman–Crippen LogP) is 3.15. The largest absolute Gasteiger partial charge is 0.478 e. The molecule has 1 atom stereocenters. The Morgan fingerprint density at radius 2 is 2.19 bits per heavy atom. The summed E-state index contributed by atoms with van der Waals surface area (Å²) in [6, 6.07) is 5.16. The van der Waals surface area contributed by atoms with Crippen molar-refractivity contribution in [1.29, 1.82) is 0 Å². The van der Waals surface area contributed by atoms with E-state index in [1.165, 1.54) is 0 Å². The highest BCUT2D eigenvalue weighted by Gasteiger charge is 2.06. The first-order chi connectivity index (χ1) is 7.54. The third-order valence-corrected chi connectivity index (χ3v) is 2.81. The number of anilines is 1. The zero-order valence-electron chi connectivity index (χ0n) is 10.1. The van der Waals surface area contributed by atoms with Crippen molar-refractivity contribution in [2.24, 2.45) is 5.92 Å². The van der Waals surface area contributed by atoms with Crippen LogP contribution in [0, 0.1) is 12.8 Å². The van der Waals surface area contributed by atoms with Crippen molar-refractivity contribution in [2.45, 2.75) is 27.2 Å². The second kappa shape index (κ2) is 5.54. The summed E-state index contributed by atoms with van der Waals surface area (Å²) < 4.78 is 0. The van der Waals surface area contributed by atoms with Crippen LogP contribution in [0.1, 0.15) is 36.2 Å². The summed E-state index contributed by atoms with van der Waals surface area (Å²) in [5.41, 5.74) is 2.33. The van der Waals surface area contributed by atoms with Crippen LogP contribution >= 0.6 is 0 Å². The molecule has 0 aliphatic carbocycles. The highest BCUT2D eigenvalue weighted by atomic mass is 16.4. The fourth-order valence-corrected chi connectivity index (χ4v) is 1.42. The lowest BCUT2D eigenvalue weighted by atomic mass is 10.1. The normalized spacial score (nSPS) is 12.2. The molecule has 0 spiro atoms. The minimum absolute atomic E-state index is 0.339. The lowest BCUT2D eigenvalue weighted by Crippen LogP contribution is -2.11. The monoisotopic (exact) mass is 221 g/mol. The summed E-state index contributed by atoms with van der Waals surface area (Å²) in [5, 5.41) is 12.2. The molecule has 0 radical (unpaired) electrons. The number of rotatable bonds is 5. The highest BCUT2D eigenvalue weighted by molar-refractivity contribution is 5.88. The van der Waals surface area contributed by atoms with Crippen molar-refractivity contribution >= 4 is 11.7 Å². The SMILES string of the molecule is CCC(C)CNc1ccc(C(=O)O)cc1C. The van der Waals surface area contributed by atoms with Crippen LogP contribution in [0.5, 0.6) is 0 Å². The summed E-state index contributed by atoms with van der Waals surface area (Å²) in [7, 11) is 0. The number of aromatic carboxylic acids is 1. The molecular formula is C13H19NO2. The van der Waals surface area contributed by atoms with Crippen LogP contribution in [0.25, 0.3) is 0 Å². The van der Waals surface area contributed by atoms with Gasteiger partial charge in [0.05, 0.1) is 5.56 Å². The van der Waals surface area contributed by atoms with E-state index in [4.69, 9.17) is 5.11 Å². The van der Waals surface area contributed by atoms with E-state index in [-0.39, 0.29) is 0 Å². The number of carbonyl (C=O) groups is 1. The number of hydrogen-bond acceptors (Lipinski definition) is 2. The Kier molecular flexibility index (Phi) is 4.35. The Labute approximate surface area is 96.5 Å². The lowest BCUT2D eigenvalue weighted by molar-refractivity contribution is 0.0697. The molecule has 0 aliphatic rings. The van der Waals surface area contributed by atoms with Crippen LogP contribution in [0.3, 0.4) is 0 Å². The van der Waals surface area contributed by atoms with E-state index in [1.807, 2.05) is 13.0 Å². The Hall–Kier alpha value is -1.51. The Morgan fingerprint density at radius 3 is 2.69 bits per heavy atom. The Balaban J connectivity index is 2.72. The van der Waals surface area contributed by atoms with Gasteiger partial charge in [0, 0.05) is 12.2 Å². The van der Waals surface area contributed by atoms with E-state index in [1.54, 1.807) is 12.1 Å². The molecule has 1 aromatic rings. The van der Waals surface area contributed by atoms with Crippen LogP contribution in [0.4, 0.5) is 5.69 Å². The van der Waals surface area contributed by atoms with E-state index >= 15 is 0 Å². The fourth-order valence-electron chi connectivity index (χ4n) is 1.42. The molecular weight excluding hydrogens is 202 g/mol. The molecule has 0 aliphatic heterocycles. The summed E-state index contributed by atoms with van der Waals surface area (Å²) in [6.07, 6.45) is 1.14. The van der Waals surface area contributed by atoms with Gasteiger partial charge in [0.2, 0.25) is 0 Å². The van der Waals surface area contributed by atoms with Gasteiger partial charge in [0.1, 0.15) is 0 Å². The van der Waals surface area contributed by atoms with Crippen molar-refractivity contribution in [3.05, 3.63) is 29.3 Å². The maximum Gasteiger partial charge on any atom is 0.335 e. The van der Waals surface area contributed by atoms with Gasteiger partial charge in [-0.1, -0.05) is 20.3 Å². The number of carboxylic acids is 1. The van der Waals surface area contributed by atoms with E-state index in [9.17, 15) is 4.79 Å². The number of hydrogen-bond donors (Lipinski definition) is 2. The molecule has 2 N–H and O–H groups in total. The number of aryl methyl sites for hydroxylation is 1. The molecule has 1 aromatic carbocycles. The summed E-state index contributed by atoms with van der Waals surface area (Å²) in [6.45, 7) is 7.19. The molecule has 0 aromatic heterocycles. The van der Waals surface area contributed by atoms with Crippen LogP contribution in [-0.4, -0.2) is 17.6 Å². The quantitative estimate of drug-likeness (QED) is 0.803. The average molecular weight is 221 g/mol. The molecule has 88 valence electrons. The topological polar surface area (TPSA) is 49.3 Å². The first kappa shape index (κ1) is 12.6. The third-order valence-electron chi connectivity index (χ3n) is 2.81. The zero-order chi connectivity index (χ0) is 12.1. The van der Waals surface area contributed by atoms with Gasteiger partial charge in [0.15, 0.2) is 0 Å². The third kappa shape index (κ3) is 3.26. The van der Waals surface area contributed by atoms with Gasteiger partial charge in [-0.25, -0.2) is 4.79 Å². The molecule has 1 unspecified atom stereocenters. The van der Waals surface area contributed by atoms with Crippen LogP contribution < -0.4 is 5.32 Å². The molecule has 0 bridgehead atoms. The predicted molar refractivity (Wildman–Crippen MR) is 66.1 cm³/mol. The Bertz CT molecular complexity index is 374. The molecule has 3 heteroatoms. The van der Waals surface area contributed by atoms with Crippen LogP contribution in [0.15, 0.2) is 18.2 Å². The minimum Gasteiger partial charge on any atom is -0.478 e. The number of benzene rings is 1. The average Bonchev–Trinajstić information content (AvgIpc) is 2.26. The van der Waals surface area contributed by atoms with E-state index in [0.29, 0.717) is 11.5 Å². The first-order valence-electron chi connectivity index (χ1n) is 5.62. The molecule has 0 heterocycles. The zero-order valence-corrected chi connectivity index (χ0v) is 10.1. The maximum atomic E-state index is 10.8. The fraction of sp³-hybridized carbons (Fsp3) is 0.462. The van der Waals surface area contributed by atoms with Gasteiger partial charge in [-0.2, -0.15) is 0 Å². The smallest absolute Gasteiger partial charge is 0.335 e. The lowest BCUT2D eigenvalue weighted by Gasteiger charge is -2.13. The van der Waals surface area contributed by atoms with Gasteiger partial charge in [-0.05, 0) is 36.6 Å². The summed E-state index contributed by atoms with van der Waals surface area (Å²) >= 11 is 0. The summed E-state index contributed by atoms with van der Waals surface area (Å²) in [4.78, 5) is 10.8. The van der Waals surface area contributed by atoms with Crippen molar-refractivity contribution in [2.75, 3.05) is 11.9 Å². The number of nitrogens with one attached hydrogen (secondary N) is 1.